The highest BCUT2D eigenvalue weighted by atomic mass is 16.3. The number of amides is 1. The maximum atomic E-state index is 9.59. The molecule has 0 spiro atoms. The van der Waals surface area contributed by atoms with E-state index in [1.165, 1.54) is 6.41 Å². The lowest BCUT2D eigenvalue weighted by Gasteiger charge is -1.96. The fraction of sp³-hybridized carbons (Fsp3) is 0.500. The van der Waals surface area contributed by atoms with E-state index in [1.807, 2.05) is 5.32 Å². The van der Waals surface area contributed by atoms with Crippen molar-refractivity contribution in [2.24, 2.45) is 0 Å². The summed E-state index contributed by atoms with van der Waals surface area (Å²) in [6.45, 7) is -0.0625. The van der Waals surface area contributed by atoms with Gasteiger partial charge in [-0.05, 0) is 0 Å². The number of aldehydes is 1. The lowest BCUT2D eigenvalue weighted by molar-refractivity contribution is -0.114. The Labute approximate surface area is 46.5 Å². The predicted molar refractivity (Wildman–Crippen MR) is 25.8 cm³/mol. The first-order valence-corrected chi connectivity index (χ1v) is 2.04. The van der Waals surface area contributed by atoms with E-state index in [9.17, 15) is 9.59 Å². The van der Waals surface area contributed by atoms with Crippen LogP contribution < -0.4 is 5.32 Å². The van der Waals surface area contributed by atoms with Crippen molar-refractivity contribution < 1.29 is 14.7 Å². The lowest BCUT2D eigenvalue weighted by atomic mass is 10.4. The summed E-state index contributed by atoms with van der Waals surface area (Å²) in [4.78, 5) is 19.0. The molecule has 0 aliphatic rings. The number of hydrogen-bond donors (Lipinski definition) is 2. The predicted octanol–water partition coefficient (Wildman–Crippen LogP) is -1.80. The SMILES string of the molecule is O=[C]NCC(O)C=O. The van der Waals surface area contributed by atoms with E-state index in [0.717, 1.165) is 0 Å². The van der Waals surface area contributed by atoms with Gasteiger partial charge in [0.15, 0.2) is 0 Å². The minimum Gasteiger partial charge on any atom is -0.384 e. The number of nitrogens with one attached hydrogen (secondary N) is 1. The van der Waals surface area contributed by atoms with Gasteiger partial charge in [-0.1, -0.05) is 0 Å². The largest absolute Gasteiger partial charge is 0.384 e. The fourth-order valence-corrected chi connectivity index (χ4v) is 0.194. The van der Waals surface area contributed by atoms with Crippen LogP contribution in [0.4, 0.5) is 0 Å². The van der Waals surface area contributed by atoms with Gasteiger partial charge in [0.05, 0.1) is 6.54 Å². The summed E-state index contributed by atoms with van der Waals surface area (Å²) >= 11 is 0. The van der Waals surface area contributed by atoms with E-state index in [2.05, 4.69) is 0 Å². The molecule has 0 aromatic carbocycles. The Hall–Kier alpha value is -0.900. The van der Waals surface area contributed by atoms with Crippen molar-refractivity contribution in [3.05, 3.63) is 0 Å². The molecule has 0 aromatic rings. The van der Waals surface area contributed by atoms with Gasteiger partial charge in [0.25, 0.3) is 0 Å². The van der Waals surface area contributed by atoms with Gasteiger partial charge < -0.3 is 15.2 Å². The molecule has 0 heterocycles. The Morgan fingerprint density at radius 3 is 2.88 bits per heavy atom. The van der Waals surface area contributed by atoms with Gasteiger partial charge in [-0.15, -0.1) is 0 Å². The Bertz CT molecular complexity index is 83.4. The number of carbonyl (C=O) groups is 1. The summed E-state index contributed by atoms with van der Waals surface area (Å²) in [6.07, 6.45) is 0.551. The Kier molecular flexibility index (Phi) is 3.78. The molecule has 1 atom stereocenters. The van der Waals surface area contributed by atoms with Crippen molar-refractivity contribution in [2.75, 3.05) is 6.54 Å². The van der Waals surface area contributed by atoms with Crippen LogP contribution in [0.15, 0.2) is 0 Å². The molecule has 1 radical (unpaired) electrons. The van der Waals surface area contributed by atoms with Gasteiger partial charge >= 0.3 is 6.41 Å². The number of aliphatic hydroxyl groups excluding tert-OH is 1. The first-order valence-electron chi connectivity index (χ1n) is 2.04. The van der Waals surface area contributed by atoms with E-state index in [-0.39, 0.29) is 6.54 Å². The third-order valence-electron chi connectivity index (χ3n) is 0.540. The van der Waals surface area contributed by atoms with Crippen LogP contribution in [0.1, 0.15) is 0 Å². The summed E-state index contributed by atoms with van der Waals surface area (Å²) in [5.41, 5.74) is 0. The molecular weight excluding hydrogens is 110 g/mol. The van der Waals surface area contributed by atoms with Crippen LogP contribution in [0.25, 0.3) is 0 Å². The van der Waals surface area contributed by atoms with Crippen molar-refractivity contribution >= 4 is 12.7 Å². The zero-order chi connectivity index (χ0) is 6.41. The third-order valence-corrected chi connectivity index (χ3v) is 0.540. The fourth-order valence-electron chi connectivity index (χ4n) is 0.194. The molecule has 8 heavy (non-hydrogen) atoms. The van der Waals surface area contributed by atoms with Crippen molar-refractivity contribution in [3.63, 3.8) is 0 Å². The van der Waals surface area contributed by atoms with Crippen molar-refractivity contribution in [2.45, 2.75) is 6.10 Å². The molecule has 0 aromatic heterocycles. The summed E-state index contributed by atoms with van der Waals surface area (Å²) in [7, 11) is 0. The van der Waals surface area contributed by atoms with Gasteiger partial charge in [-0.3, -0.25) is 4.79 Å². The normalized spacial score (nSPS) is 12.1. The topological polar surface area (TPSA) is 66.4 Å². The summed E-state index contributed by atoms with van der Waals surface area (Å²) in [5.74, 6) is 0. The molecular formula is C4H6NO3. The second-order valence-electron chi connectivity index (χ2n) is 1.19. The average molecular weight is 116 g/mol. The second-order valence-corrected chi connectivity index (χ2v) is 1.19. The van der Waals surface area contributed by atoms with Crippen LogP contribution >= 0.6 is 0 Å². The van der Waals surface area contributed by atoms with Crippen molar-refractivity contribution in [1.29, 1.82) is 0 Å². The molecule has 0 fully saturated rings. The van der Waals surface area contributed by atoms with Crippen LogP contribution in [0, 0.1) is 0 Å². The molecule has 0 saturated carbocycles. The van der Waals surface area contributed by atoms with Crippen LogP contribution in [0.2, 0.25) is 0 Å². The highest BCUT2D eigenvalue weighted by Gasteiger charge is 1.96. The van der Waals surface area contributed by atoms with Crippen LogP contribution in [-0.2, 0) is 9.59 Å². The standard InChI is InChI=1S/C4H6NO3/c6-2-4(8)1-5-3-7/h2,4,8H,1H2,(H,5,7). The average Bonchev–Trinajstić information content (AvgIpc) is 1.83. The van der Waals surface area contributed by atoms with E-state index in [1.54, 1.807) is 0 Å². The molecule has 1 amide bonds. The van der Waals surface area contributed by atoms with Crippen LogP contribution in [-0.4, -0.2) is 30.5 Å². The minimum absolute atomic E-state index is 0.0625. The Morgan fingerprint density at radius 1 is 1.88 bits per heavy atom. The first-order chi connectivity index (χ1) is 3.81. The molecule has 1 unspecified atom stereocenters. The summed E-state index contributed by atoms with van der Waals surface area (Å²) in [6, 6.07) is 0. The van der Waals surface area contributed by atoms with Gasteiger partial charge in [0.1, 0.15) is 12.4 Å². The van der Waals surface area contributed by atoms with Crippen LogP contribution in [0.3, 0.4) is 0 Å². The summed E-state index contributed by atoms with van der Waals surface area (Å²) in [5, 5.41) is 10.4. The molecule has 45 valence electrons. The van der Waals surface area contributed by atoms with E-state index in [4.69, 9.17) is 5.11 Å². The van der Waals surface area contributed by atoms with E-state index >= 15 is 0 Å². The van der Waals surface area contributed by atoms with Gasteiger partial charge in [0.2, 0.25) is 0 Å². The number of carbonyl (C=O) groups excluding carboxylic acids is 2. The Morgan fingerprint density at radius 2 is 2.50 bits per heavy atom. The number of aliphatic hydroxyl groups is 1. The third kappa shape index (κ3) is 3.30. The maximum Gasteiger partial charge on any atom is 0.309 e. The zero-order valence-electron chi connectivity index (χ0n) is 4.13. The molecule has 0 saturated heterocycles. The number of hydrogen-bond acceptors (Lipinski definition) is 3. The Balaban J connectivity index is 3.09. The molecule has 0 bridgehead atoms. The summed E-state index contributed by atoms with van der Waals surface area (Å²) < 4.78 is 0. The monoisotopic (exact) mass is 116 g/mol. The van der Waals surface area contributed by atoms with Crippen molar-refractivity contribution in [3.8, 4) is 0 Å². The first kappa shape index (κ1) is 7.10. The van der Waals surface area contributed by atoms with Crippen molar-refractivity contribution in [1.82, 2.24) is 5.32 Å². The zero-order valence-corrected chi connectivity index (χ0v) is 4.13. The van der Waals surface area contributed by atoms with Gasteiger partial charge in [-0.2, -0.15) is 0 Å². The highest BCUT2D eigenvalue weighted by molar-refractivity contribution is 5.57. The quantitative estimate of drug-likeness (QED) is 0.336. The number of rotatable bonds is 4. The molecule has 4 heteroatoms. The molecule has 0 rings (SSSR count). The lowest BCUT2D eigenvalue weighted by Crippen LogP contribution is -2.26. The van der Waals surface area contributed by atoms with E-state index in [0.29, 0.717) is 6.29 Å². The molecule has 4 nitrogen and oxygen atoms in total. The highest BCUT2D eigenvalue weighted by Crippen LogP contribution is 1.67. The molecule has 0 aliphatic heterocycles. The maximum absolute atomic E-state index is 9.59. The smallest absolute Gasteiger partial charge is 0.309 e. The molecule has 2 N–H and O–H groups in total. The second kappa shape index (κ2) is 4.26. The van der Waals surface area contributed by atoms with Gasteiger partial charge in [0, 0.05) is 0 Å². The van der Waals surface area contributed by atoms with Crippen LogP contribution in [0.5, 0.6) is 0 Å². The molecule has 0 aliphatic carbocycles. The minimum atomic E-state index is -1.10. The van der Waals surface area contributed by atoms with E-state index < -0.39 is 6.10 Å². The van der Waals surface area contributed by atoms with Gasteiger partial charge in [-0.25, -0.2) is 0 Å².